The standard InChI is InChI=1S/C16H17ClN2OS/c1-11-10-18-8-9-19(11)16(20)15-7-6-14(21-15)12-2-4-13(17)5-3-12/h2-7,11,18H,8-10H2,1H3/t11-/m0/s1. The molecule has 0 spiro atoms. The van der Waals surface area contributed by atoms with Crippen LogP contribution in [0.5, 0.6) is 0 Å². The highest BCUT2D eigenvalue weighted by Crippen LogP contribution is 2.30. The van der Waals surface area contributed by atoms with Gasteiger partial charge in [-0.1, -0.05) is 23.7 Å². The Hall–Kier alpha value is -1.36. The average Bonchev–Trinajstić information content (AvgIpc) is 2.98. The topological polar surface area (TPSA) is 32.3 Å². The van der Waals surface area contributed by atoms with Crippen molar-refractivity contribution in [3.05, 3.63) is 46.3 Å². The van der Waals surface area contributed by atoms with E-state index in [4.69, 9.17) is 11.6 Å². The number of hydrogen-bond donors (Lipinski definition) is 1. The fourth-order valence-electron chi connectivity index (χ4n) is 2.51. The molecule has 1 atom stereocenters. The molecule has 0 saturated carbocycles. The number of carbonyl (C=O) groups excluding carboxylic acids is 1. The van der Waals surface area contributed by atoms with Crippen LogP contribution in [0.3, 0.4) is 0 Å². The van der Waals surface area contributed by atoms with Crippen LogP contribution in [0, 0.1) is 0 Å². The number of nitrogens with zero attached hydrogens (tertiary/aromatic N) is 1. The predicted octanol–water partition coefficient (Wildman–Crippen LogP) is 3.50. The fourth-order valence-corrected chi connectivity index (χ4v) is 3.60. The van der Waals surface area contributed by atoms with E-state index in [1.165, 1.54) is 0 Å². The Bertz CT molecular complexity index is 638. The molecule has 1 aliphatic heterocycles. The molecule has 0 unspecified atom stereocenters. The van der Waals surface area contributed by atoms with Gasteiger partial charge in [0, 0.05) is 35.6 Å². The SMILES string of the molecule is C[C@H]1CNCCN1C(=O)c1ccc(-c2ccc(Cl)cc2)s1. The molecule has 3 nitrogen and oxygen atoms in total. The monoisotopic (exact) mass is 320 g/mol. The minimum Gasteiger partial charge on any atom is -0.333 e. The normalized spacial score (nSPS) is 18.8. The van der Waals surface area contributed by atoms with Crippen molar-refractivity contribution in [2.75, 3.05) is 19.6 Å². The summed E-state index contributed by atoms with van der Waals surface area (Å²) < 4.78 is 0. The number of amides is 1. The molecule has 1 aliphatic rings. The van der Waals surface area contributed by atoms with Crippen LogP contribution < -0.4 is 5.32 Å². The number of rotatable bonds is 2. The van der Waals surface area contributed by atoms with Crippen molar-refractivity contribution in [3.8, 4) is 10.4 Å². The van der Waals surface area contributed by atoms with Crippen molar-refractivity contribution < 1.29 is 4.79 Å². The third-order valence-corrected chi connectivity index (χ3v) is 5.08. The van der Waals surface area contributed by atoms with Crippen molar-refractivity contribution >= 4 is 28.8 Å². The second-order valence-corrected chi connectivity index (χ2v) is 6.74. The molecule has 3 rings (SSSR count). The first-order valence-corrected chi connectivity index (χ1v) is 8.22. The molecular formula is C16H17ClN2OS. The first kappa shape index (κ1) is 14.6. The van der Waals surface area contributed by atoms with E-state index >= 15 is 0 Å². The third kappa shape index (κ3) is 3.12. The molecule has 2 heterocycles. The van der Waals surface area contributed by atoms with E-state index in [1.54, 1.807) is 11.3 Å². The zero-order chi connectivity index (χ0) is 14.8. The van der Waals surface area contributed by atoms with E-state index in [9.17, 15) is 4.79 Å². The number of piperazine rings is 1. The maximum atomic E-state index is 12.6. The summed E-state index contributed by atoms with van der Waals surface area (Å²) in [5.41, 5.74) is 1.09. The van der Waals surface area contributed by atoms with Gasteiger partial charge < -0.3 is 10.2 Å². The predicted molar refractivity (Wildman–Crippen MR) is 88.1 cm³/mol. The second kappa shape index (κ2) is 6.18. The van der Waals surface area contributed by atoms with Gasteiger partial charge >= 0.3 is 0 Å². The first-order chi connectivity index (χ1) is 10.1. The molecule has 0 bridgehead atoms. The minimum atomic E-state index is 0.134. The molecule has 1 N–H and O–H groups in total. The van der Waals surface area contributed by atoms with E-state index in [-0.39, 0.29) is 11.9 Å². The Kier molecular flexibility index (Phi) is 4.29. The lowest BCUT2D eigenvalue weighted by Crippen LogP contribution is -2.52. The van der Waals surface area contributed by atoms with E-state index in [1.807, 2.05) is 41.3 Å². The Morgan fingerprint density at radius 2 is 2.05 bits per heavy atom. The molecular weight excluding hydrogens is 304 g/mol. The van der Waals surface area contributed by atoms with Crippen molar-refractivity contribution in [3.63, 3.8) is 0 Å². The van der Waals surface area contributed by atoms with Crippen LogP contribution in [0.4, 0.5) is 0 Å². The number of hydrogen-bond acceptors (Lipinski definition) is 3. The van der Waals surface area contributed by atoms with Gasteiger partial charge in [-0.25, -0.2) is 0 Å². The van der Waals surface area contributed by atoms with Gasteiger partial charge in [-0.15, -0.1) is 11.3 Å². The highest BCUT2D eigenvalue weighted by molar-refractivity contribution is 7.17. The van der Waals surface area contributed by atoms with Crippen LogP contribution in [0.15, 0.2) is 36.4 Å². The lowest BCUT2D eigenvalue weighted by atomic mass is 10.2. The summed E-state index contributed by atoms with van der Waals surface area (Å²) in [5, 5.41) is 4.03. The van der Waals surface area contributed by atoms with E-state index in [2.05, 4.69) is 12.2 Å². The molecule has 21 heavy (non-hydrogen) atoms. The zero-order valence-corrected chi connectivity index (χ0v) is 13.4. The Balaban J connectivity index is 1.81. The summed E-state index contributed by atoms with van der Waals surface area (Å²) in [4.78, 5) is 16.4. The summed E-state index contributed by atoms with van der Waals surface area (Å²) in [6, 6.07) is 11.9. The summed E-state index contributed by atoms with van der Waals surface area (Å²) >= 11 is 7.45. The van der Waals surface area contributed by atoms with Crippen LogP contribution in [0.25, 0.3) is 10.4 Å². The third-order valence-electron chi connectivity index (χ3n) is 3.71. The Morgan fingerprint density at radius 3 is 2.76 bits per heavy atom. The fraction of sp³-hybridized carbons (Fsp3) is 0.312. The van der Waals surface area contributed by atoms with Crippen molar-refractivity contribution in [2.24, 2.45) is 0 Å². The maximum Gasteiger partial charge on any atom is 0.264 e. The highest BCUT2D eigenvalue weighted by atomic mass is 35.5. The number of nitrogens with one attached hydrogen (secondary N) is 1. The zero-order valence-electron chi connectivity index (χ0n) is 11.8. The molecule has 0 radical (unpaired) electrons. The summed E-state index contributed by atoms with van der Waals surface area (Å²) in [6.45, 7) is 4.58. The maximum absolute atomic E-state index is 12.6. The Morgan fingerprint density at radius 1 is 1.29 bits per heavy atom. The summed E-state index contributed by atoms with van der Waals surface area (Å²) in [6.07, 6.45) is 0. The van der Waals surface area contributed by atoms with Gasteiger partial charge in [0.1, 0.15) is 0 Å². The van der Waals surface area contributed by atoms with Crippen LogP contribution in [0.2, 0.25) is 5.02 Å². The number of benzene rings is 1. The molecule has 1 fully saturated rings. The van der Waals surface area contributed by atoms with Crippen LogP contribution in [0.1, 0.15) is 16.6 Å². The van der Waals surface area contributed by atoms with Gasteiger partial charge in [-0.05, 0) is 36.8 Å². The molecule has 1 aromatic heterocycles. The van der Waals surface area contributed by atoms with Crippen molar-refractivity contribution in [2.45, 2.75) is 13.0 Å². The number of halogens is 1. The van der Waals surface area contributed by atoms with E-state index < -0.39 is 0 Å². The molecule has 5 heteroatoms. The van der Waals surface area contributed by atoms with E-state index in [0.29, 0.717) is 0 Å². The van der Waals surface area contributed by atoms with Crippen LogP contribution in [-0.4, -0.2) is 36.5 Å². The summed E-state index contributed by atoms with van der Waals surface area (Å²) in [5.74, 6) is 0.134. The quantitative estimate of drug-likeness (QED) is 0.918. The number of thiophene rings is 1. The van der Waals surface area contributed by atoms with Gasteiger partial charge in [0.05, 0.1) is 4.88 Å². The van der Waals surface area contributed by atoms with Crippen LogP contribution >= 0.6 is 22.9 Å². The molecule has 1 saturated heterocycles. The Labute approximate surface area is 133 Å². The lowest BCUT2D eigenvalue weighted by molar-refractivity contribution is 0.0661. The van der Waals surface area contributed by atoms with Gasteiger partial charge in [-0.3, -0.25) is 4.79 Å². The van der Waals surface area contributed by atoms with Gasteiger partial charge in [-0.2, -0.15) is 0 Å². The summed E-state index contributed by atoms with van der Waals surface area (Å²) in [7, 11) is 0. The second-order valence-electron chi connectivity index (χ2n) is 5.22. The lowest BCUT2D eigenvalue weighted by Gasteiger charge is -2.33. The number of carbonyl (C=O) groups is 1. The smallest absolute Gasteiger partial charge is 0.264 e. The minimum absolute atomic E-state index is 0.134. The van der Waals surface area contributed by atoms with Gasteiger partial charge in [0.15, 0.2) is 0 Å². The van der Waals surface area contributed by atoms with Crippen molar-refractivity contribution in [1.82, 2.24) is 10.2 Å². The van der Waals surface area contributed by atoms with Gasteiger partial charge in [0.2, 0.25) is 0 Å². The molecule has 2 aromatic rings. The molecule has 1 amide bonds. The molecule has 1 aromatic carbocycles. The van der Waals surface area contributed by atoms with Gasteiger partial charge in [0.25, 0.3) is 5.91 Å². The first-order valence-electron chi connectivity index (χ1n) is 7.02. The largest absolute Gasteiger partial charge is 0.333 e. The molecule has 0 aliphatic carbocycles. The molecule has 110 valence electrons. The van der Waals surface area contributed by atoms with Crippen molar-refractivity contribution in [1.29, 1.82) is 0 Å². The highest BCUT2D eigenvalue weighted by Gasteiger charge is 2.25. The van der Waals surface area contributed by atoms with Crippen LogP contribution in [-0.2, 0) is 0 Å². The van der Waals surface area contributed by atoms with E-state index in [0.717, 1.165) is 40.0 Å². The average molecular weight is 321 g/mol.